The molecule has 2 aromatic rings. The Labute approximate surface area is 143 Å². The number of piperidine rings is 1. The zero-order valence-electron chi connectivity index (χ0n) is 14.3. The van der Waals surface area contributed by atoms with E-state index in [1.165, 1.54) is 6.42 Å². The highest BCUT2D eigenvalue weighted by Gasteiger charge is 2.24. The fraction of sp³-hybridized carbons (Fsp3) is 0.526. The van der Waals surface area contributed by atoms with E-state index in [9.17, 15) is 5.11 Å². The number of hydrogen-bond donors (Lipinski definition) is 2. The van der Waals surface area contributed by atoms with Gasteiger partial charge in [0, 0.05) is 24.7 Å². The van der Waals surface area contributed by atoms with Crippen LogP contribution >= 0.6 is 0 Å². The molecule has 1 aromatic heterocycles. The molecule has 0 aliphatic carbocycles. The van der Waals surface area contributed by atoms with Gasteiger partial charge in [0.1, 0.15) is 0 Å². The lowest BCUT2D eigenvalue weighted by atomic mass is 9.94. The number of H-pyrrole nitrogens is 1. The first-order valence-corrected chi connectivity index (χ1v) is 8.74. The molecular weight excluding hydrogens is 302 g/mol. The number of rotatable bonds is 7. The van der Waals surface area contributed by atoms with E-state index in [1.807, 2.05) is 37.3 Å². The molecule has 0 unspecified atom stereocenters. The molecular formula is C19H27N3O2. The molecule has 0 bridgehead atoms. The number of hydrogen-bond acceptors (Lipinski definition) is 4. The van der Waals surface area contributed by atoms with Crippen molar-refractivity contribution in [3.05, 3.63) is 53.3 Å². The summed E-state index contributed by atoms with van der Waals surface area (Å²) in [5, 5.41) is 17.7. The van der Waals surface area contributed by atoms with Crippen molar-refractivity contribution in [2.45, 2.75) is 38.4 Å². The minimum Gasteiger partial charge on any atom is -0.389 e. The van der Waals surface area contributed by atoms with E-state index in [4.69, 9.17) is 4.74 Å². The number of aliphatic hydroxyl groups is 1. The molecule has 1 aliphatic rings. The zero-order valence-corrected chi connectivity index (χ0v) is 14.3. The van der Waals surface area contributed by atoms with Crippen LogP contribution < -0.4 is 0 Å². The Morgan fingerprint density at radius 1 is 1.38 bits per heavy atom. The van der Waals surface area contributed by atoms with Crippen molar-refractivity contribution in [3.8, 4) is 0 Å². The van der Waals surface area contributed by atoms with Crippen LogP contribution in [0, 0.1) is 6.92 Å². The number of aromatic amines is 1. The fourth-order valence-corrected chi connectivity index (χ4v) is 3.35. The summed E-state index contributed by atoms with van der Waals surface area (Å²) < 4.78 is 5.64. The molecule has 5 heteroatoms. The van der Waals surface area contributed by atoms with Gasteiger partial charge in [-0.25, -0.2) is 0 Å². The lowest BCUT2D eigenvalue weighted by molar-refractivity contribution is 0.00561. The van der Waals surface area contributed by atoms with Gasteiger partial charge in [-0.15, -0.1) is 0 Å². The first-order valence-electron chi connectivity index (χ1n) is 8.74. The topological polar surface area (TPSA) is 61.4 Å². The Bertz CT molecular complexity index is 614. The number of nitrogens with zero attached hydrogens (tertiary/aromatic N) is 2. The summed E-state index contributed by atoms with van der Waals surface area (Å²) in [7, 11) is 0. The summed E-state index contributed by atoms with van der Waals surface area (Å²) in [6.07, 6.45) is 1.86. The molecule has 130 valence electrons. The van der Waals surface area contributed by atoms with Gasteiger partial charge in [-0.1, -0.05) is 30.3 Å². The van der Waals surface area contributed by atoms with Gasteiger partial charge in [0.2, 0.25) is 0 Å². The van der Waals surface area contributed by atoms with Crippen LogP contribution in [0.25, 0.3) is 0 Å². The normalized spacial score (nSPS) is 20.2. The number of aryl methyl sites for hydroxylation is 1. The summed E-state index contributed by atoms with van der Waals surface area (Å²) in [5.41, 5.74) is 3.39. The smallest absolute Gasteiger partial charge is 0.0900 e. The van der Waals surface area contributed by atoms with Crippen molar-refractivity contribution < 1.29 is 9.84 Å². The number of likely N-dealkylation sites (tertiary alicyclic amines) is 1. The largest absolute Gasteiger partial charge is 0.389 e. The first kappa shape index (κ1) is 17.1. The number of nitrogens with one attached hydrogen (secondary N) is 1. The van der Waals surface area contributed by atoms with Crippen molar-refractivity contribution in [1.82, 2.24) is 15.1 Å². The van der Waals surface area contributed by atoms with E-state index < -0.39 is 6.10 Å². The minimum atomic E-state index is -0.451. The molecule has 0 spiro atoms. The third-order valence-corrected chi connectivity index (χ3v) is 4.54. The lowest BCUT2D eigenvalue weighted by Gasteiger charge is -2.33. The molecule has 5 nitrogen and oxygen atoms in total. The predicted octanol–water partition coefficient (Wildman–Crippen LogP) is 2.48. The highest BCUT2D eigenvalue weighted by Crippen LogP contribution is 2.25. The number of aromatic nitrogens is 2. The van der Waals surface area contributed by atoms with Gasteiger partial charge in [0.05, 0.1) is 25.0 Å². The van der Waals surface area contributed by atoms with Gasteiger partial charge >= 0.3 is 0 Å². The van der Waals surface area contributed by atoms with Crippen LogP contribution in [0.15, 0.2) is 36.4 Å². The van der Waals surface area contributed by atoms with Gasteiger partial charge in [-0.3, -0.25) is 5.10 Å². The Morgan fingerprint density at radius 2 is 2.21 bits per heavy atom. The molecule has 24 heavy (non-hydrogen) atoms. The van der Waals surface area contributed by atoms with Crippen LogP contribution in [0.4, 0.5) is 0 Å². The average molecular weight is 329 g/mol. The third-order valence-electron chi connectivity index (χ3n) is 4.54. The summed E-state index contributed by atoms with van der Waals surface area (Å²) in [6, 6.07) is 12.2. The maximum Gasteiger partial charge on any atom is 0.0900 e. The molecule has 2 heterocycles. The van der Waals surface area contributed by atoms with Gasteiger partial charge in [0.25, 0.3) is 0 Å². The molecule has 1 fully saturated rings. The van der Waals surface area contributed by atoms with Gasteiger partial charge in [-0.05, 0) is 37.9 Å². The summed E-state index contributed by atoms with van der Waals surface area (Å²) >= 11 is 0. The van der Waals surface area contributed by atoms with Crippen LogP contribution in [0.2, 0.25) is 0 Å². The van der Waals surface area contributed by atoms with Crippen LogP contribution in [-0.4, -0.2) is 52.5 Å². The number of ether oxygens (including phenoxy) is 1. The highest BCUT2D eigenvalue weighted by molar-refractivity contribution is 5.14. The summed E-state index contributed by atoms with van der Waals surface area (Å²) in [6.45, 7) is 5.61. The number of β-amino-alcohol motifs (C(OH)–C–C–N with tert-alkyl or cyclic N) is 1. The van der Waals surface area contributed by atoms with E-state index in [1.54, 1.807) is 0 Å². The van der Waals surface area contributed by atoms with Gasteiger partial charge in [0.15, 0.2) is 0 Å². The van der Waals surface area contributed by atoms with E-state index in [0.717, 1.165) is 36.5 Å². The van der Waals surface area contributed by atoms with Gasteiger partial charge < -0.3 is 14.7 Å². The van der Waals surface area contributed by atoms with Gasteiger partial charge in [-0.2, -0.15) is 5.10 Å². The molecule has 1 aliphatic heterocycles. The zero-order chi connectivity index (χ0) is 16.8. The quantitative estimate of drug-likeness (QED) is 0.819. The van der Waals surface area contributed by atoms with Crippen molar-refractivity contribution in [2.75, 3.05) is 26.2 Å². The predicted molar refractivity (Wildman–Crippen MR) is 93.8 cm³/mol. The van der Waals surface area contributed by atoms with Crippen molar-refractivity contribution in [2.24, 2.45) is 0 Å². The van der Waals surface area contributed by atoms with Crippen LogP contribution in [0.1, 0.15) is 35.7 Å². The lowest BCUT2D eigenvalue weighted by Crippen LogP contribution is -2.40. The molecule has 1 aromatic carbocycles. The molecule has 0 amide bonds. The molecule has 2 N–H and O–H groups in total. The molecule has 2 atom stereocenters. The average Bonchev–Trinajstić information content (AvgIpc) is 3.03. The Hall–Kier alpha value is -1.69. The monoisotopic (exact) mass is 329 g/mol. The van der Waals surface area contributed by atoms with Crippen molar-refractivity contribution in [1.29, 1.82) is 0 Å². The van der Waals surface area contributed by atoms with Crippen LogP contribution in [0.3, 0.4) is 0 Å². The second kappa shape index (κ2) is 8.42. The molecule has 1 saturated heterocycles. The first-order chi connectivity index (χ1) is 11.7. The Balaban J connectivity index is 1.41. The Morgan fingerprint density at radius 3 is 2.96 bits per heavy atom. The standard InChI is InChI=1S/C19H27N3O2/c1-15-10-19(21-20-15)17-8-5-9-22(11-17)12-18(23)14-24-13-16-6-3-2-4-7-16/h2-4,6-7,10,17-18,23H,5,8-9,11-14H2,1H3,(H,20,21)/t17-,18+/m0/s1. The van der Waals surface area contributed by atoms with Crippen LogP contribution in [0.5, 0.6) is 0 Å². The number of aliphatic hydroxyl groups excluding tert-OH is 1. The highest BCUT2D eigenvalue weighted by atomic mass is 16.5. The maximum absolute atomic E-state index is 10.3. The minimum absolute atomic E-state index is 0.373. The second-order valence-electron chi connectivity index (χ2n) is 6.73. The third kappa shape index (κ3) is 4.90. The van der Waals surface area contributed by atoms with E-state index in [2.05, 4.69) is 21.2 Å². The second-order valence-corrected chi connectivity index (χ2v) is 6.73. The van der Waals surface area contributed by atoms with E-state index >= 15 is 0 Å². The fourth-order valence-electron chi connectivity index (χ4n) is 3.35. The van der Waals surface area contributed by atoms with E-state index in [-0.39, 0.29) is 0 Å². The number of benzene rings is 1. The van der Waals surface area contributed by atoms with Crippen molar-refractivity contribution in [3.63, 3.8) is 0 Å². The molecule has 0 radical (unpaired) electrons. The van der Waals surface area contributed by atoms with E-state index in [0.29, 0.717) is 25.7 Å². The SMILES string of the molecule is Cc1cc([C@H]2CCCN(C[C@@H](O)COCc3ccccc3)C2)n[nH]1. The van der Waals surface area contributed by atoms with Crippen LogP contribution in [-0.2, 0) is 11.3 Å². The van der Waals surface area contributed by atoms with Crippen molar-refractivity contribution >= 4 is 0 Å². The Kier molecular flexibility index (Phi) is 6.01. The summed E-state index contributed by atoms with van der Waals surface area (Å²) in [4.78, 5) is 2.33. The molecule has 3 rings (SSSR count). The maximum atomic E-state index is 10.3. The molecule has 0 saturated carbocycles. The summed E-state index contributed by atoms with van der Waals surface area (Å²) in [5.74, 6) is 0.459.